The molecule has 2 aromatic rings. The average molecular weight is 422 g/mol. The Morgan fingerprint density at radius 3 is 2.17 bits per heavy atom. The maximum Gasteiger partial charge on any atom is 0.405 e. The van der Waals surface area contributed by atoms with Crippen molar-refractivity contribution < 1.29 is 27.5 Å². The summed E-state index contributed by atoms with van der Waals surface area (Å²) in [4.78, 5) is 23.2. The highest BCUT2D eigenvalue weighted by atomic mass is 19.4. The summed E-state index contributed by atoms with van der Waals surface area (Å²) >= 11 is 0. The number of amides is 2. The topological polar surface area (TPSA) is 119 Å². The van der Waals surface area contributed by atoms with E-state index < -0.39 is 24.5 Å². The summed E-state index contributed by atoms with van der Waals surface area (Å²) in [7, 11) is 0. The van der Waals surface area contributed by atoms with Crippen LogP contribution in [0.1, 0.15) is 15.9 Å². The van der Waals surface area contributed by atoms with E-state index >= 15 is 0 Å². The van der Waals surface area contributed by atoms with Crippen molar-refractivity contribution in [3.8, 4) is 0 Å². The van der Waals surface area contributed by atoms with Crippen LogP contribution < -0.4 is 22.1 Å². The quantitative estimate of drug-likeness (QED) is 0.462. The Labute approximate surface area is 170 Å². The molecule has 0 aromatic heterocycles. The Bertz CT molecular complexity index is 898. The first-order chi connectivity index (χ1) is 14.2. The number of carbonyl (C=O) groups is 2. The minimum Gasteiger partial charge on any atom is -0.393 e. The van der Waals surface area contributed by atoms with Crippen molar-refractivity contribution in [1.82, 2.24) is 5.32 Å². The second kappa shape index (κ2) is 10.3. The van der Waals surface area contributed by atoms with E-state index in [1.54, 1.807) is 5.32 Å². The lowest BCUT2D eigenvalue weighted by Gasteiger charge is -2.14. The van der Waals surface area contributed by atoms with E-state index in [0.717, 1.165) is 5.56 Å². The monoisotopic (exact) mass is 422 g/mol. The summed E-state index contributed by atoms with van der Waals surface area (Å²) in [6, 6.07) is 14.9. The van der Waals surface area contributed by atoms with E-state index in [9.17, 15) is 22.8 Å². The number of halogens is 3. The summed E-state index contributed by atoms with van der Waals surface area (Å²) in [6.45, 7) is -1.19. The molecule has 2 aromatic carbocycles. The van der Waals surface area contributed by atoms with Crippen LogP contribution in [0.5, 0.6) is 0 Å². The number of nitrogens with one attached hydrogen (secondary N) is 2. The average Bonchev–Trinajstić information content (AvgIpc) is 2.71. The molecule has 0 aliphatic heterocycles. The molecule has 6 N–H and O–H groups in total. The van der Waals surface area contributed by atoms with Crippen LogP contribution in [0.4, 0.5) is 18.9 Å². The van der Waals surface area contributed by atoms with Gasteiger partial charge < -0.3 is 26.8 Å². The summed E-state index contributed by atoms with van der Waals surface area (Å²) in [6.07, 6.45) is -4.50. The summed E-state index contributed by atoms with van der Waals surface area (Å²) < 4.78 is 42.2. The largest absolute Gasteiger partial charge is 0.405 e. The molecule has 10 heteroatoms. The molecule has 0 aliphatic rings. The fourth-order valence-electron chi connectivity index (χ4n) is 2.34. The molecule has 0 unspecified atom stereocenters. The second-order valence-electron chi connectivity index (χ2n) is 6.24. The predicted molar refractivity (Wildman–Crippen MR) is 105 cm³/mol. The van der Waals surface area contributed by atoms with E-state index in [0.29, 0.717) is 5.69 Å². The third-order valence-corrected chi connectivity index (χ3v) is 3.84. The van der Waals surface area contributed by atoms with Crippen molar-refractivity contribution >= 4 is 17.5 Å². The molecule has 0 aliphatic carbocycles. The zero-order valence-electron chi connectivity index (χ0n) is 15.8. The van der Waals surface area contributed by atoms with Gasteiger partial charge in [-0.25, -0.2) is 0 Å². The number of primary amides is 1. The molecule has 30 heavy (non-hydrogen) atoms. The van der Waals surface area contributed by atoms with Crippen LogP contribution in [0.2, 0.25) is 0 Å². The standard InChI is InChI=1S/C20H21F3N4O3/c21-20(22,23)12-26-19(29)14-6-8-15(9-7-14)27-16(17(24)18(25)28)11-30-10-13-4-2-1-3-5-13/h1-9,27H,10-12,24H2,(H2,25,28)(H,26,29). The third kappa shape index (κ3) is 7.47. The van der Waals surface area contributed by atoms with Crippen LogP contribution in [0, 0.1) is 0 Å². The molecule has 0 fully saturated rings. The maximum absolute atomic E-state index is 12.2. The molecule has 2 rings (SSSR count). The van der Waals surface area contributed by atoms with Gasteiger partial charge in [-0.3, -0.25) is 9.59 Å². The maximum atomic E-state index is 12.2. The molecule has 0 saturated heterocycles. The molecule has 160 valence electrons. The number of hydrogen-bond donors (Lipinski definition) is 4. The van der Waals surface area contributed by atoms with Crippen molar-refractivity contribution in [2.45, 2.75) is 12.8 Å². The smallest absolute Gasteiger partial charge is 0.393 e. The number of nitrogens with two attached hydrogens (primary N) is 2. The minimum atomic E-state index is -4.50. The van der Waals surface area contributed by atoms with Gasteiger partial charge in [0.25, 0.3) is 11.8 Å². The van der Waals surface area contributed by atoms with Gasteiger partial charge >= 0.3 is 6.18 Å². The zero-order chi connectivity index (χ0) is 22.1. The molecule has 0 atom stereocenters. The van der Waals surface area contributed by atoms with Crippen LogP contribution in [-0.4, -0.2) is 31.1 Å². The van der Waals surface area contributed by atoms with Crippen molar-refractivity contribution in [1.29, 1.82) is 0 Å². The Balaban J connectivity index is 2.02. The van der Waals surface area contributed by atoms with Gasteiger partial charge in [0, 0.05) is 11.3 Å². The minimum absolute atomic E-state index is 0.0403. The molecular formula is C20H21F3N4O3. The van der Waals surface area contributed by atoms with Crippen molar-refractivity contribution in [2.75, 3.05) is 18.5 Å². The molecule has 2 amide bonds. The molecule has 7 nitrogen and oxygen atoms in total. The highest BCUT2D eigenvalue weighted by molar-refractivity contribution is 5.94. The first-order valence-electron chi connectivity index (χ1n) is 8.78. The van der Waals surface area contributed by atoms with E-state index in [1.165, 1.54) is 24.3 Å². The van der Waals surface area contributed by atoms with Gasteiger partial charge in [-0.2, -0.15) is 13.2 Å². The van der Waals surface area contributed by atoms with Crippen molar-refractivity contribution in [3.05, 3.63) is 77.1 Å². The SMILES string of the molecule is NC(=O)C(N)=C(COCc1ccccc1)Nc1ccc(C(=O)NCC(F)(F)F)cc1. The van der Waals surface area contributed by atoms with Gasteiger partial charge in [-0.05, 0) is 29.8 Å². The van der Waals surface area contributed by atoms with Gasteiger partial charge in [-0.15, -0.1) is 0 Å². The third-order valence-electron chi connectivity index (χ3n) is 3.84. The van der Waals surface area contributed by atoms with Crippen LogP contribution in [0.15, 0.2) is 66.0 Å². The zero-order valence-corrected chi connectivity index (χ0v) is 15.8. The van der Waals surface area contributed by atoms with Crippen LogP contribution >= 0.6 is 0 Å². The molecule has 0 radical (unpaired) electrons. The van der Waals surface area contributed by atoms with Crippen LogP contribution in [0.25, 0.3) is 0 Å². The molecule has 0 saturated carbocycles. The highest BCUT2D eigenvalue weighted by Crippen LogP contribution is 2.16. The van der Waals surface area contributed by atoms with Crippen LogP contribution in [0.3, 0.4) is 0 Å². The van der Waals surface area contributed by atoms with Crippen molar-refractivity contribution in [2.24, 2.45) is 11.5 Å². The molecular weight excluding hydrogens is 401 g/mol. The lowest BCUT2D eigenvalue weighted by Crippen LogP contribution is -2.33. The van der Waals surface area contributed by atoms with E-state index in [-0.39, 0.29) is 30.2 Å². The van der Waals surface area contributed by atoms with E-state index in [2.05, 4.69) is 5.32 Å². The summed E-state index contributed by atoms with van der Waals surface area (Å²) in [5.41, 5.74) is 12.4. The Kier molecular flexibility index (Phi) is 7.82. The fourth-order valence-corrected chi connectivity index (χ4v) is 2.34. The number of ether oxygens (including phenoxy) is 1. The van der Waals surface area contributed by atoms with E-state index in [1.807, 2.05) is 30.3 Å². The number of carbonyl (C=O) groups excluding carboxylic acids is 2. The van der Waals surface area contributed by atoms with Gasteiger partial charge in [-0.1, -0.05) is 30.3 Å². The Hall–Kier alpha value is -3.53. The fraction of sp³-hybridized carbons (Fsp3) is 0.200. The number of hydrogen-bond acceptors (Lipinski definition) is 5. The summed E-state index contributed by atoms with van der Waals surface area (Å²) in [5, 5.41) is 4.67. The second-order valence-corrected chi connectivity index (χ2v) is 6.24. The first kappa shape index (κ1) is 22.8. The Morgan fingerprint density at radius 1 is 0.967 bits per heavy atom. The normalized spacial score (nSPS) is 12.1. The van der Waals surface area contributed by atoms with Gasteiger partial charge in [0.2, 0.25) is 0 Å². The van der Waals surface area contributed by atoms with Gasteiger partial charge in [0.15, 0.2) is 0 Å². The molecule has 0 spiro atoms. The number of anilines is 1. The highest BCUT2D eigenvalue weighted by Gasteiger charge is 2.27. The first-order valence-corrected chi connectivity index (χ1v) is 8.78. The lowest BCUT2D eigenvalue weighted by atomic mass is 10.2. The predicted octanol–water partition coefficient (Wildman–Crippen LogP) is 2.26. The number of benzene rings is 2. The lowest BCUT2D eigenvalue weighted by molar-refractivity contribution is -0.123. The van der Waals surface area contributed by atoms with E-state index in [4.69, 9.17) is 16.2 Å². The summed E-state index contributed by atoms with van der Waals surface area (Å²) in [5.74, 6) is -1.71. The Morgan fingerprint density at radius 2 is 1.60 bits per heavy atom. The molecule has 0 heterocycles. The molecule has 0 bridgehead atoms. The van der Waals surface area contributed by atoms with Gasteiger partial charge in [0.05, 0.1) is 18.9 Å². The number of alkyl halides is 3. The van der Waals surface area contributed by atoms with Crippen molar-refractivity contribution in [3.63, 3.8) is 0 Å². The van der Waals surface area contributed by atoms with Crippen LogP contribution in [-0.2, 0) is 16.1 Å². The number of rotatable bonds is 9. The van der Waals surface area contributed by atoms with Gasteiger partial charge in [0.1, 0.15) is 12.2 Å².